The molecule has 0 aliphatic heterocycles. The van der Waals surface area contributed by atoms with E-state index >= 15 is 0 Å². The summed E-state index contributed by atoms with van der Waals surface area (Å²) in [6.45, 7) is 0.102. The Kier molecular flexibility index (Phi) is 5.11. The van der Waals surface area contributed by atoms with Crippen LogP contribution in [0.5, 0.6) is 0 Å². The van der Waals surface area contributed by atoms with Crippen LogP contribution in [0.2, 0.25) is 5.02 Å². The van der Waals surface area contributed by atoms with Crippen LogP contribution >= 0.6 is 11.6 Å². The summed E-state index contributed by atoms with van der Waals surface area (Å²) in [7, 11) is 0. The largest absolute Gasteiger partial charge is 0.382 e. The maximum absolute atomic E-state index is 12.1. The lowest BCUT2D eigenvalue weighted by Gasteiger charge is -2.08. The summed E-state index contributed by atoms with van der Waals surface area (Å²) in [5, 5.41) is 10.3. The fourth-order valence-electron chi connectivity index (χ4n) is 2.45. The quantitative estimate of drug-likeness (QED) is 0.618. The summed E-state index contributed by atoms with van der Waals surface area (Å²) in [5.74, 6) is 2.60. The van der Waals surface area contributed by atoms with Crippen LogP contribution in [-0.4, -0.2) is 22.4 Å². The van der Waals surface area contributed by atoms with Crippen LogP contribution in [0.25, 0.3) is 16.9 Å². The third-order valence-corrected chi connectivity index (χ3v) is 3.96. The SMILES string of the molecule is C#CCNC(=O)Nc1c(-c2ccccc2)nn(-c2ccccc2Cl)c1N. The summed E-state index contributed by atoms with van der Waals surface area (Å²) in [4.78, 5) is 12.1. The monoisotopic (exact) mass is 365 g/mol. The van der Waals surface area contributed by atoms with E-state index in [9.17, 15) is 4.79 Å². The average molecular weight is 366 g/mol. The van der Waals surface area contributed by atoms with Crippen molar-refractivity contribution in [2.45, 2.75) is 0 Å². The zero-order valence-corrected chi connectivity index (χ0v) is 14.5. The van der Waals surface area contributed by atoms with Crippen molar-refractivity contribution in [2.24, 2.45) is 0 Å². The number of rotatable bonds is 4. The number of carbonyl (C=O) groups is 1. The van der Waals surface area contributed by atoms with E-state index in [-0.39, 0.29) is 12.4 Å². The number of terminal acetylenes is 1. The minimum Gasteiger partial charge on any atom is -0.382 e. The van der Waals surface area contributed by atoms with Crippen molar-refractivity contribution in [3.63, 3.8) is 0 Å². The van der Waals surface area contributed by atoms with Crippen molar-refractivity contribution in [1.29, 1.82) is 0 Å². The van der Waals surface area contributed by atoms with Gasteiger partial charge in [-0.3, -0.25) is 0 Å². The second kappa shape index (κ2) is 7.64. The highest BCUT2D eigenvalue weighted by Gasteiger charge is 2.20. The van der Waals surface area contributed by atoms with Crippen LogP contribution < -0.4 is 16.4 Å². The van der Waals surface area contributed by atoms with Crippen LogP contribution in [0.3, 0.4) is 0 Å². The lowest BCUT2D eigenvalue weighted by atomic mass is 10.1. The Morgan fingerprint density at radius 3 is 2.58 bits per heavy atom. The molecule has 0 saturated carbocycles. The molecular weight excluding hydrogens is 350 g/mol. The second-order valence-electron chi connectivity index (χ2n) is 5.35. The third-order valence-electron chi connectivity index (χ3n) is 3.64. The highest BCUT2D eigenvalue weighted by Crippen LogP contribution is 2.35. The molecule has 0 unspecified atom stereocenters. The van der Waals surface area contributed by atoms with Gasteiger partial charge in [0.05, 0.1) is 17.3 Å². The molecule has 6 nitrogen and oxygen atoms in total. The number of amides is 2. The first-order valence-corrected chi connectivity index (χ1v) is 8.16. The first kappa shape index (κ1) is 17.4. The number of carbonyl (C=O) groups excluding carboxylic acids is 1. The van der Waals surface area contributed by atoms with Gasteiger partial charge in [0.25, 0.3) is 0 Å². The van der Waals surface area contributed by atoms with E-state index in [1.54, 1.807) is 12.1 Å². The lowest BCUT2D eigenvalue weighted by Crippen LogP contribution is -2.29. The minimum atomic E-state index is -0.467. The number of para-hydroxylation sites is 1. The fraction of sp³-hybridized carbons (Fsp3) is 0.0526. The summed E-state index contributed by atoms with van der Waals surface area (Å²) < 4.78 is 1.50. The van der Waals surface area contributed by atoms with E-state index in [0.717, 1.165) is 5.56 Å². The van der Waals surface area contributed by atoms with Crippen molar-refractivity contribution < 1.29 is 4.79 Å². The number of urea groups is 1. The number of hydrogen-bond donors (Lipinski definition) is 3. The van der Waals surface area contributed by atoms with Gasteiger partial charge in [0.15, 0.2) is 5.82 Å². The first-order valence-electron chi connectivity index (χ1n) is 7.79. The topological polar surface area (TPSA) is 85.0 Å². The summed E-state index contributed by atoms with van der Waals surface area (Å²) in [5.41, 5.74) is 8.60. The number of nitrogens with two attached hydrogens (primary N) is 1. The molecule has 2 amide bonds. The Hall–Kier alpha value is -3.43. The van der Waals surface area contributed by atoms with Crippen molar-refractivity contribution in [3.8, 4) is 29.3 Å². The molecule has 1 aromatic heterocycles. The summed E-state index contributed by atoms with van der Waals surface area (Å²) >= 11 is 6.27. The maximum atomic E-state index is 12.1. The molecule has 3 rings (SSSR count). The van der Waals surface area contributed by atoms with Crippen molar-refractivity contribution in [3.05, 3.63) is 59.6 Å². The molecule has 26 heavy (non-hydrogen) atoms. The standard InChI is InChI=1S/C19H16ClN5O/c1-2-12-22-19(26)23-17-16(13-8-4-3-5-9-13)24-25(18(17)21)15-11-7-6-10-14(15)20/h1,3-11H,12,21H2,(H2,22,23,26). The third kappa shape index (κ3) is 3.48. The number of nitrogens with zero attached hydrogens (tertiary/aromatic N) is 2. The molecular formula is C19H16ClN5O. The Morgan fingerprint density at radius 2 is 1.88 bits per heavy atom. The van der Waals surface area contributed by atoms with Crippen LogP contribution in [0, 0.1) is 12.3 Å². The fourth-order valence-corrected chi connectivity index (χ4v) is 2.66. The normalized spacial score (nSPS) is 10.2. The van der Waals surface area contributed by atoms with E-state index in [1.807, 2.05) is 42.5 Å². The van der Waals surface area contributed by atoms with E-state index in [1.165, 1.54) is 4.68 Å². The Labute approximate surface area is 156 Å². The molecule has 4 N–H and O–H groups in total. The molecule has 7 heteroatoms. The van der Waals surface area contributed by atoms with E-state index in [2.05, 4.69) is 21.7 Å². The number of nitrogens with one attached hydrogen (secondary N) is 2. The number of nitrogen functional groups attached to an aromatic ring is 1. The van der Waals surface area contributed by atoms with Gasteiger partial charge >= 0.3 is 6.03 Å². The second-order valence-corrected chi connectivity index (χ2v) is 5.76. The molecule has 0 aliphatic rings. The number of halogens is 1. The Balaban J connectivity index is 2.10. The molecule has 0 atom stereocenters. The van der Waals surface area contributed by atoms with Gasteiger partial charge in [0.1, 0.15) is 11.4 Å². The predicted molar refractivity (Wildman–Crippen MR) is 104 cm³/mol. The minimum absolute atomic E-state index is 0.102. The Bertz CT molecular complexity index is 975. The molecule has 0 spiro atoms. The van der Waals surface area contributed by atoms with Crippen LogP contribution in [-0.2, 0) is 0 Å². The van der Waals surface area contributed by atoms with Gasteiger partial charge in [-0.15, -0.1) is 6.42 Å². The van der Waals surface area contributed by atoms with Crippen LogP contribution in [0.1, 0.15) is 0 Å². The zero-order valence-electron chi connectivity index (χ0n) is 13.7. The van der Waals surface area contributed by atoms with Crippen molar-refractivity contribution in [1.82, 2.24) is 15.1 Å². The van der Waals surface area contributed by atoms with Crippen LogP contribution in [0.15, 0.2) is 54.6 Å². The van der Waals surface area contributed by atoms with Gasteiger partial charge in [0.2, 0.25) is 0 Å². The van der Waals surface area contributed by atoms with Gasteiger partial charge in [-0.1, -0.05) is 60.0 Å². The van der Waals surface area contributed by atoms with Gasteiger partial charge in [0, 0.05) is 5.56 Å². The van der Waals surface area contributed by atoms with E-state index < -0.39 is 6.03 Å². The average Bonchev–Trinajstić information content (AvgIpc) is 2.97. The molecule has 1 heterocycles. The zero-order chi connectivity index (χ0) is 18.5. The smallest absolute Gasteiger partial charge is 0.320 e. The molecule has 0 fully saturated rings. The molecule has 130 valence electrons. The predicted octanol–water partition coefficient (Wildman–Crippen LogP) is 3.53. The number of benzene rings is 2. The summed E-state index contributed by atoms with van der Waals surface area (Å²) in [6, 6.07) is 16.1. The molecule has 2 aromatic carbocycles. The number of hydrogen-bond acceptors (Lipinski definition) is 3. The van der Waals surface area contributed by atoms with Gasteiger partial charge in [-0.05, 0) is 12.1 Å². The van der Waals surface area contributed by atoms with Gasteiger partial charge in [-0.25, -0.2) is 9.48 Å². The molecule has 0 radical (unpaired) electrons. The molecule has 0 aliphatic carbocycles. The highest BCUT2D eigenvalue weighted by molar-refractivity contribution is 6.32. The van der Waals surface area contributed by atoms with Crippen molar-refractivity contribution >= 4 is 29.1 Å². The molecule has 0 saturated heterocycles. The molecule has 3 aromatic rings. The number of anilines is 2. The van der Waals surface area contributed by atoms with Crippen LogP contribution in [0.4, 0.5) is 16.3 Å². The first-order chi connectivity index (χ1) is 12.6. The lowest BCUT2D eigenvalue weighted by molar-refractivity contribution is 0.253. The maximum Gasteiger partial charge on any atom is 0.320 e. The Morgan fingerprint density at radius 1 is 1.19 bits per heavy atom. The molecule has 0 bridgehead atoms. The van der Waals surface area contributed by atoms with E-state index in [0.29, 0.717) is 22.1 Å². The van der Waals surface area contributed by atoms with Gasteiger partial charge < -0.3 is 16.4 Å². The number of aromatic nitrogens is 2. The highest BCUT2D eigenvalue weighted by atomic mass is 35.5. The summed E-state index contributed by atoms with van der Waals surface area (Å²) in [6.07, 6.45) is 5.17. The van der Waals surface area contributed by atoms with Gasteiger partial charge in [-0.2, -0.15) is 5.10 Å². The van der Waals surface area contributed by atoms with E-state index in [4.69, 9.17) is 23.8 Å². The van der Waals surface area contributed by atoms with Crippen molar-refractivity contribution in [2.75, 3.05) is 17.6 Å².